The van der Waals surface area contributed by atoms with Crippen molar-refractivity contribution < 1.29 is 14.2 Å². The summed E-state index contributed by atoms with van der Waals surface area (Å²) >= 11 is 0. The lowest BCUT2D eigenvalue weighted by molar-refractivity contribution is -0.00530. The summed E-state index contributed by atoms with van der Waals surface area (Å²) in [7, 11) is 0. The minimum Gasteiger partial charge on any atom is -0.389 e. The van der Waals surface area contributed by atoms with E-state index in [9.17, 15) is 9.50 Å². The van der Waals surface area contributed by atoms with Crippen LogP contribution in [-0.4, -0.2) is 37.0 Å². The molecule has 1 atom stereocenters. The third kappa shape index (κ3) is 5.73. The van der Waals surface area contributed by atoms with E-state index in [0.29, 0.717) is 19.3 Å². The Bertz CT molecular complexity index is 433. The fourth-order valence-corrected chi connectivity index (χ4v) is 2.79. The molecule has 2 N–H and O–H groups in total. The van der Waals surface area contributed by atoms with E-state index in [0.717, 1.165) is 36.9 Å². The molecule has 1 saturated carbocycles. The summed E-state index contributed by atoms with van der Waals surface area (Å²) in [5.74, 6) is -0.191. The van der Waals surface area contributed by atoms with Crippen molar-refractivity contribution in [2.45, 2.75) is 51.2 Å². The minimum atomic E-state index is -0.458. The molecule has 1 fully saturated rings. The number of aryl methyl sites for hydroxylation is 1. The van der Waals surface area contributed by atoms with Crippen LogP contribution in [0.25, 0.3) is 0 Å². The Morgan fingerprint density at radius 2 is 2.14 bits per heavy atom. The molecule has 0 amide bonds. The molecule has 0 aliphatic heterocycles. The Kier molecular flexibility index (Phi) is 6.61. The van der Waals surface area contributed by atoms with Gasteiger partial charge >= 0.3 is 0 Å². The first-order chi connectivity index (χ1) is 10.1. The third-order valence-electron chi connectivity index (χ3n) is 4.08. The van der Waals surface area contributed by atoms with Crippen molar-refractivity contribution in [3.8, 4) is 0 Å². The van der Waals surface area contributed by atoms with Crippen molar-refractivity contribution in [2.75, 3.05) is 19.7 Å². The van der Waals surface area contributed by atoms with Gasteiger partial charge in [-0.05, 0) is 56.0 Å². The van der Waals surface area contributed by atoms with E-state index < -0.39 is 6.10 Å². The molecular weight excluding hydrogens is 269 g/mol. The largest absolute Gasteiger partial charge is 0.389 e. The lowest BCUT2D eigenvalue weighted by atomic mass is 10.1. The number of nitrogens with one attached hydrogen (secondary N) is 1. The van der Waals surface area contributed by atoms with Gasteiger partial charge in [0.25, 0.3) is 0 Å². The van der Waals surface area contributed by atoms with Crippen molar-refractivity contribution in [1.82, 2.24) is 5.32 Å². The fourth-order valence-electron chi connectivity index (χ4n) is 2.79. The monoisotopic (exact) mass is 295 g/mol. The molecule has 0 saturated heterocycles. The first kappa shape index (κ1) is 16.4. The smallest absolute Gasteiger partial charge is 0.123 e. The number of halogens is 1. The Morgan fingerprint density at radius 3 is 2.86 bits per heavy atom. The van der Waals surface area contributed by atoms with Crippen LogP contribution in [0.2, 0.25) is 0 Å². The van der Waals surface area contributed by atoms with Gasteiger partial charge in [0.1, 0.15) is 5.82 Å². The quantitative estimate of drug-likeness (QED) is 0.724. The zero-order chi connectivity index (χ0) is 15.1. The summed E-state index contributed by atoms with van der Waals surface area (Å²) in [6.07, 6.45) is 5.48. The molecule has 1 aliphatic rings. The first-order valence-corrected chi connectivity index (χ1v) is 7.90. The molecule has 0 heterocycles. The van der Waals surface area contributed by atoms with Crippen LogP contribution in [0.1, 0.15) is 36.8 Å². The summed E-state index contributed by atoms with van der Waals surface area (Å²) < 4.78 is 18.7. The van der Waals surface area contributed by atoms with Crippen LogP contribution in [0.5, 0.6) is 0 Å². The number of hydrogen-bond donors (Lipinski definition) is 2. The van der Waals surface area contributed by atoms with Gasteiger partial charge in [-0.25, -0.2) is 4.39 Å². The predicted molar refractivity (Wildman–Crippen MR) is 81.9 cm³/mol. The van der Waals surface area contributed by atoms with E-state index in [2.05, 4.69) is 5.32 Å². The molecule has 118 valence electrons. The van der Waals surface area contributed by atoms with Crippen molar-refractivity contribution in [3.05, 3.63) is 35.1 Å². The van der Waals surface area contributed by atoms with Crippen LogP contribution < -0.4 is 5.32 Å². The Morgan fingerprint density at radius 1 is 1.38 bits per heavy atom. The van der Waals surface area contributed by atoms with Crippen LogP contribution in [-0.2, 0) is 11.2 Å². The maximum absolute atomic E-state index is 13.0. The summed E-state index contributed by atoms with van der Waals surface area (Å²) in [6, 6.07) is 4.87. The van der Waals surface area contributed by atoms with Gasteiger partial charge in [-0.2, -0.15) is 0 Å². The van der Waals surface area contributed by atoms with Crippen LogP contribution in [0.3, 0.4) is 0 Å². The van der Waals surface area contributed by atoms with Crippen molar-refractivity contribution in [3.63, 3.8) is 0 Å². The highest BCUT2D eigenvalue weighted by molar-refractivity contribution is 5.26. The van der Waals surface area contributed by atoms with Crippen molar-refractivity contribution >= 4 is 0 Å². The van der Waals surface area contributed by atoms with Crippen LogP contribution in [0.15, 0.2) is 18.2 Å². The second-order valence-corrected chi connectivity index (χ2v) is 5.92. The molecule has 1 unspecified atom stereocenters. The maximum Gasteiger partial charge on any atom is 0.123 e. The van der Waals surface area contributed by atoms with Crippen LogP contribution in [0.4, 0.5) is 4.39 Å². The summed E-state index contributed by atoms with van der Waals surface area (Å²) in [5.41, 5.74) is 2.11. The number of benzene rings is 1. The minimum absolute atomic E-state index is 0.191. The fraction of sp³-hybridized carbons (Fsp3) is 0.647. The van der Waals surface area contributed by atoms with Crippen LogP contribution >= 0.6 is 0 Å². The summed E-state index contributed by atoms with van der Waals surface area (Å²) in [4.78, 5) is 0. The Hall–Kier alpha value is -0.970. The van der Waals surface area contributed by atoms with E-state index in [-0.39, 0.29) is 5.82 Å². The Balaban J connectivity index is 1.58. The molecule has 4 heteroatoms. The van der Waals surface area contributed by atoms with Gasteiger partial charge in [0.05, 0.1) is 18.8 Å². The molecule has 21 heavy (non-hydrogen) atoms. The van der Waals surface area contributed by atoms with E-state index in [4.69, 9.17) is 4.74 Å². The van der Waals surface area contributed by atoms with E-state index in [1.165, 1.54) is 18.9 Å². The number of rotatable bonds is 8. The van der Waals surface area contributed by atoms with Gasteiger partial charge in [-0.15, -0.1) is 0 Å². The lowest BCUT2D eigenvalue weighted by Gasteiger charge is -2.16. The number of hydrogen-bond acceptors (Lipinski definition) is 3. The van der Waals surface area contributed by atoms with Crippen molar-refractivity contribution in [2.24, 2.45) is 0 Å². The van der Waals surface area contributed by atoms with Gasteiger partial charge < -0.3 is 15.2 Å². The lowest BCUT2D eigenvalue weighted by Crippen LogP contribution is -2.32. The molecule has 0 bridgehead atoms. The van der Waals surface area contributed by atoms with Crippen molar-refractivity contribution in [1.29, 1.82) is 0 Å². The molecule has 0 aromatic heterocycles. The van der Waals surface area contributed by atoms with Gasteiger partial charge in [0.2, 0.25) is 0 Å². The first-order valence-electron chi connectivity index (χ1n) is 7.90. The van der Waals surface area contributed by atoms with E-state index in [1.54, 1.807) is 6.07 Å². The molecule has 2 rings (SSSR count). The van der Waals surface area contributed by atoms with Gasteiger partial charge in [0.15, 0.2) is 0 Å². The molecule has 0 spiro atoms. The highest BCUT2D eigenvalue weighted by atomic mass is 19.1. The highest BCUT2D eigenvalue weighted by Gasteiger charge is 2.16. The van der Waals surface area contributed by atoms with E-state index >= 15 is 0 Å². The van der Waals surface area contributed by atoms with Gasteiger partial charge in [-0.3, -0.25) is 0 Å². The molecular formula is C17H26FNO2. The average Bonchev–Trinajstić information content (AvgIpc) is 2.96. The average molecular weight is 295 g/mol. The standard InChI is InChI=1S/C17H26FNO2/c1-13-10-15(18)7-6-14(13)8-9-19-11-16(20)12-21-17-4-2-3-5-17/h6-7,10,16-17,19-20H,2-5,8-9,11-12H2,1H3. The zero-order valence-corrected chi connectivity index (χ0v) is 12.8. The topological polar surface area (TPSA) is 41.5 Å². The van der Waals surface area contributed by atoms with Gasteiger partial charge in [-0.1, -0.05) is 18.9 Å². The molecule has 1 aromatic carbocycles. The zero-order valence-electron chi connectivity index (χ0n) is 12.8. The molecule has 3 nitrogen and oxygen atoms in total. The predicted octanol–water partition coefficient (Wildman–Crippen LogP) is 2.59. The summed E-state index contributed by atoms with van der Waals surface area (Å²) in [5, 5.41) is 13.1. The molecule has 0 radical (unpaired) electrons. The third-order valence-corrected chi connectivity index (χ3v) is 4.08. The Labute approximate surface area is 126 Å². The maximum atomic E-state index is 13.0. The molecule has 1 aromatic rings. The number of aliphatic hydroxyl groups excluding tert-OH is 1. The molecule has 1 aliphatic carbocycles. The number of ether oxygens (including phenoxy) is 1. The van der Waals surface area contributed by atoms with E-state index in [1.807, 2.05) is 13.0 Å². The second-order valence-electron chi connectivity index (χ2n) is 5.92. The van der Waals surface area contributed by atoms with Gasteiger partial charge in [0, 0.05) is 6.54 Å². The SMILES string of the molecule is Cc1cc(F)ccc1CCNCC(O)COC1CCCC1. The number of aliphatic hydroxyl groups is 1. The second kappa shape index (κ2) is 8.47. The highest BCUT2D eigenvalue weighted by Crippen LogP contribution is 2.20. The summed E-state index contributed by atoms with van der Waals surface area (Å²) in [6.45, 7) is 3.63. The normalized spacial score (nSPS) is 17.3. The van der Waals surface area contributed by atoms with Crippen LogP contribution in [0, 0.1) is 12.7 Å².